The monoisotopic (exact) mass is 388 g/mol. The zero-order valence-corrected chi connectivity index (χ0v) is 16.2. The molecule has 0 fully saturated rings. The van der Waals surface area contributed by atoms with E-state index in [4.69, 9.17) is 11.6 Å². The molecule has 0 amide bonds. The molecule has 0 aliphatic heterocycles. The molecule has 6 heteroatoms. The van der Waals surface area contributed by atoms with Crippen LogP contribution in [0.2, 0.25) is 5.02 Å². The molecular weight excluding hydrogens is 372 g/mol. The first-order chi connectivity index (χ1) is 13.5. The van der Waals surface area contributed by atoms with E-state index in [2.05, 4.69) is 22.0 Å². The maximum absolute atomic E-state index is 13.2. The number of fused-ring (bicyclic) bond motifs is 1. The Bertz CT molecular complexity index is 1260. The Morgan fingerprint density at radius 1 is 1.00 bits per heavy atom. The zero-order valence-electron chi connectivity index (χ0n) is 15.4. The summed E-state index contributed by atoms with van der Waals surface area (Å²) in [5.41, 5.74) is 4.31. The van der Waals surface area contributed by atoms with Gasteiger partial charge in [0.15, 0.2) is 5.82 Å². The highest BCUT2D eigenvalue weighted by Gasteiger charge is 2.13. The third-order valence-corrected chi connectivity index (χ3v) is 4.84. The van der Waals surface area contributed by atoms with Gasteiger partial charge in [0.25, 0.3) is 5.56 Å². The number of rotatable bonds is 3. The number of nitrogens with zero attached hydrogens (tertiary/aromatic N) is 4. The van der Waals surface area contributed by atoms with Crippen LogP contribution >= 0.6 is 11.6 Å². The third kappa shape index (κ3) is 3.44. The number of aromatic nitrogens is 3. The summed E-state index contributed by atoms with van der Waals surface area (Å²) in [5.74, 6) is 0.447. The van der Waals surface area contributed by atoms with Crippen LogP contribution in [0.1, 0.15) is 16.7 Å². The van der Waals surface area contributed by atoms with Crippen molar-refractivity contribution in [3.8, 4) is 11.4 Å². The molecule has 28 heavy (non-hydrogen) atoms. The van der Waals surface area contributed by atoms with Crippen LogP contribution in [-0.2, 0) is 0 Å². The summed E-state index contributed by atoms with van der Waals surface area (Å²) in [7, 11) is 0. The summed E-state index contributed by atoms with van der Waals surface area (Å²) in [6.07, 6.45) is 4.98. The minimum Gasteiger partial charge on any atom is -0.267 e. The van der Waals surface area contributed by atoms with E-state index in [1.807, 2.05) is 25.1 Å². The molecule has 0 N–H and O–H groups in total. The van der Waals surface area contributed by atoms with Gasteiger partial charge in [0.05, 0.1) is 17.1 Å². The van der Waals surface area contributed by atoms with Crippen molar-refractivity contribution < 1.29 is 0 Å². The molecule has 0 unspecified atom stereocenters. The molecule has 0 saturated carbocycles. The second kappa shape index (κ2) is 7.37. The van der Waals surface area contributed by atoms with Crippen LogP contribution in [0.5, 0.6) is 0 Å². The number of halogens is 1. The lowest BCUT2D eigenvalue weighted by molar-refractivity contribution is 0.829. The first kappa shape index (κ1) is 18.1. The molecule has 2 aromatic carbocycles. The van der Waals surface area contributed by atoms with Crippen LogP contribution in [0.25, 0.3) is 22.3 Å². The fourth-order valence-electron chi connectivity index (χ4n) is 2.91. The van der Waals surface area contributed by atoms with Crippen molar-refractivity contribution in [3.63, 3.8) is 0 Å². The lowest BCUT2D eigenvalue weighted by atomic mass is 10.1. The lowest BCUT2D eigenvalue weighted by Crippen LogP contribution is -2.20. The topological polar surface area (TPSA) is 60.1 Å². The number of benzene rings is 2. The van der Waals surface area contributed by atoms with Gasteiger partial charge in [-0.05, 0) is 60.9 Å². The molecule has 2 aromatic heterocycles. The number of pyridine rings is 1. The van der Waals surface area contributed by atoms with E-state index in [0.717, 1.165) is 16.7 Å². The molecule has 0 aliphatic carbocycles. The SMILES string of the molecule is Cc1ccc(C=Nn2c(-c3ccncc3)nc3ccc(Cl)cc3c2=O)cc1C. The van der Waals surface area contributed by atoms with Crippen molar-refractivity contribution in [3.05, 3.63) is 93.0 Å². The minimum atomic E-state index is -0.278. The summed E-state index contributed by atoms with van der Waals surface area (Å²) in [4.78, 5) is 21.8. The second-order valence-electron chi connectivity index (χ2n) is 6.54. The summed E-state index contributed by atoms with van der Waals surface area (Å²) in [6.45, 7) is 4.10. The fraction of sp³-hybridized carbons (Fsp3) is 0.0909. The summed E-state index contributed by atoms with van der Waals surface area (Å²) in [5, 5.41) is 5.35. The van der Waals surface area contributed by atoms with Crippen LogP contribution in [0, 0.1) is 13.8 Å². The van der Waals surface area contributed by atoms with Gasteiger partial charge < -0.3 is 0 Å². The molecule has 4 rings (SSSR count). The van der Waals surface area contributed by atoms with Gasteiger partial charge in [0.2, 0.25) is 0 Å². The normalized spacial score (nSPS) is 11.4. The first-order valence-corrected chi connectivity index (χ1v) is 9.15. The Morgan fingerprint density at radius 2 is 1.79 bits per heavy atom. The average Bonchev–Trinajstić information content (AvgIpc) is 2.71. The Kier molecular flexibility index (Phi) is 4.75. The summed E-state index contributed by atoms with van der Waals surface area (Å²) in [6, 6.07) is 14.7. The van der Waals surface area contributed by atoms with Gasteiger partial charge in [0.1, 0.15) is 0 Å². The summed E-state index contributed by atoms with van der Waals surface area (Å²) < 4.78 is 1.31. The smallest absolute Gasteiger partial charge is 0.267 e. The highest BCUT2D eigenvalue weighted by Crippen LogP contribution is 2.20. The molecular formula is C22H17ClN4O. The van der Waals surface area contributed by atoms with Gasteiger partial charge in [-0.25, -0.2) is 4.98 Å². The standard InChI is InChI=1S/C22H17ClN4O/c1-14-3-4-16(11-15(14)2)13-25-27-21(17-7-9-24-10-8-17)26-20-6-5-18(23)12-19(20)22(27)28/h3-13H,1-2H3. The second-order valence-corrected chi connectivity index (χ2v) is 6.97. The van der Waals surface area contributed by atoms with Crippen molar-refractivity contribution >= 4 is 28.7 Å². The van der Waals surface area contributed by atoms with Crippen molar-refractivity contribution in [1.29, 1.82) is 0 Å². The highest BCUT2D eigenvalue weighted by molar-refractivity contribution is 6.31. The Labute approximate surface area is 167 Å². The summed E-state index contributed by atoms with van der Waals surface area (Å²) >= 11 is 6.08. The quantitative estimate of drug-likeness (QED) is 0.481. The van der Waals surface area contributed by atoms with Gasteiger partial charge in [-0.15, -0.1) is 0 Å². The van der Waals surface area contributed by atoms with Crippen LogP contribution in [-0.4, -0.2) is 20.9 Å². The van der Waals surface area contributed by atoms with E-state index >= 15 is 0 Å². The van der Waals surface area contributed by atoms with Crippen LogP contribution < -0.4 is 5.56 Å². The van der Waals surface area contributed by atoms with Crippen LogP contribution in [0.4, 0.5) is 0 Å². The van der Waals surface area contributed by atoms with Gasteiger partial charge in [-0.1, -0.05) is 29.8 Å². The molecule has 0 aliphatic rings. The van der Waals surface area contributed by atoms with E-state index in [1.165, 1.54) is 10.2 Å². The number of hydrogen-bond donors (Lipinski definition) is 0. The van der Waals surface area contributed by atoms with Gasteiger partial charge in [-0.3, -0.25) is 9.78 Å². The van der Waals surface area contributed by atoms with E-state index < -0.39 is 0 Å². The number of aryl methyl sites for hydroxylation is 2. The van der Waals surface area contributed by atoms with E-state index in [-0.39, 0.29) is 5.56 Å². The molecule has 0 spiro atoms. The molecule has 0 saturated heterocycles. The molecule has 0 radical (unpaired) electrons. The molecule has 4 aromatic rings. The maximum atomic E-state index is 13.2. The molecule has 5 nitrogen and oxygen atoms in total. The molecule has 0 atom stereocenters. The van der Waals surface area contributed by atoms with Crippen molar-refractivity contribution in [2.45, 2.75) is 13.8 Å². The predicted octanol–water partition coefficient (Wildman–Crippen LogP) is 4.61. The minimum absolute atomic E-state index is 0.278. The Hall–Kier alpha value is -3.31. The average molecular weight is 389 g/mol. The zero-order chi connectivity index (χ0) is 19.7. The van der Waals surface area contributed by atoms with Crippen molar-refractivity contribution in [1.82, 2.24) is 14.6 Å². The molecule has 138 valence electrons. The third-order valence-electron chi connectivity index (χ3n) is 4.60. The first-order valence-electron chi connectivity index (χ1n) is 8.77. The Balaban J connectivity index is 1.94. The fourth-order valence-corrected chi connectivity index (χ4v) is 3.09. The molecule has 2 heterocycles. The van der Waals surface area contributed by atoms with Crippen LogP contribution in [0.15, 0.2) is 70.8 Å². The Morgan fingerprint density at radius 3 is 2.54 bits per heavy atom. The van der Waals surface area contributed by atoms with Crippen molar-refractivity contribution in [2.24, 2.45) is 5.10 Å². The van der Waals surface area contributed by atoms with Crippen molar-refractivity contribution in [2.75, 3.05) is 0 Å². The molecule has 0 bridgehead atoms. The largest absolute Gasteiger partial charge is 0.282 e. The van der Waals surface area contributed by atoms with E-state index in [9.17, 15) is 4.79 Å². The number of hydrogen-bond acceptors (Lipinski definition) is 4. The lowest BCUT2D eigenvalue weighted by Gasteiger charge is -2.09. The van der Waals surface area contributed by atoms with Gasteiger partial charge >= 0.3 is 0 Å². The van der Waals surface area contributed by atoms with E-state index in [0.29, 0.717) is 21.7 Å². The van der Waals surface area contributed by atoms with Crippen LogP contribution in [0.3, 0.4) is 0 Å². The predicted molar refractivity (Wildman–Crippen MR) is 113 cm³/mol. The van der Waals surface area contributed by atoms with Gasteiger partial charge in [-0.2, -0.15) is 9.78 Å². The highest BCUT2D eigenvalue weighted by atomic mass is 35.5. The van der Waals surface area contributed by atoms with Gasteiger partial charge in [0, 0.05) is 23.0 Å². The maximum Gasteiger partial charge on any atom is 0.282 e. The van der Waals surface area contributed by atoms with E-state index in [1.54, 1.807) is 48.9 Å².